The van der Waals surface area contributed by atoms with Gasteiger partial charge in [-0.2, -0.15) is 0 Å². The molecule has 0 amide bonds. The smallest absolute Gasteiger partial charge is 0.0587 e. The lowest BCUT2D eigenvalue weighted by atomic mass is 9.87. The Bertz CT molecular complexity index is 253. The van der Waals surface area contributed by atoms with Crippen molar-refractivity contribution >= 4 is 0 Å². The van der Waals surface area contributed by atoms with E-state index in [1.807, 2.05) is 0 Å². The molecule has 2 nitrogen and oxygen atoms in total. The van der Waals surface area contributed by atoms with Crippen molar-refractivity contribution in [2.75, 3.05) is 26.8 Å². The molecular weight excluding hydrogens is 222 g/mol. The van der Waals surface area contributed by atoms with Crippen molar-refractivity contribution in [2.45, 2.75) is 52.4 Å². The molecule has 2 aliphatic rings. The van der Waals surface area contributed by atoms with Crippen molar-refractivity contribution in [1.82, 2.24) is 5.32 Å². The summed E-state index contributed by atoms with van der Waals surface area (Å²) >= 11 is 0. The van der Waals surface area contributed by atoms with Gasteiger partial charge in [0.05, 0.1) is 6.61 Å². The van der Waals surface area contributed by atoms with Crippen LogP contribution in [0.5, 0.6) is 0 Å². The molecule has 0 heterocycles. The standard InChI is InChI=1S/C16H31NO/c1-13(2)14-5-4-7-16(8-6-14)11-15(16)12-17-9-10-18-3/h13-15,17H,4-12H2,1-3H3. The van der Waals surface area contributed by atoms with E-state index in [9.17, 15) is 0 Å². The number of rotatable bonds is 6. The largest absolute Gasteiger partial charge is 0.383 e. The molecular formula is C16H31NO. The zero-order chi connectivity index (χ0) is 13.0. The Labute approximate surface area is 113 Å². The molecule has 2 saturated carbocycles. The number of nitrogens with one attached hydrogen (secondary N) is 1. The Morgan fingerprint density at radius 1 is 1.28 bits per heavy atom. The van der Waals surface area contributed by atoms with Crippen LogP contribution in [-0.4, -0.2) is 26.8 Å². The van der Waals surface area contributed by atoms with Gasteiger partial charge in [-0.05, 0) is 55.4 Å². The van der Waals surface area contributed by atoms with Gasteiger partial charge in [-0.3, -0.25) is 0 Å². The molecule has 3 atom stereocenters. The molecule has 2 rings (SSSR count). The van der Waals surface area contributed by atoms with E-state index in [2.05, 4.69) is 19.2 Å². The average molecular weight is 253 g/mol. The van der Waals surface area contributed by atoms with Crippen molar-refractivity contribution in [3.63, 3.8) is 0 Å². The van der Waals surface area contributed by atoms with E-state index in [0.29, 0.717) is 0 Å². The van der Waals surface area contributed by atoms with Crippen LogP contribution in [0.4, 0.5) is 0 Å². The van der Waals surface area contributed by atoms with Crippen molar-refractivity contribution in [1.29, 1.82) is 0 Å². The van der Waals surface area contributed by atoms with E-state index in [0.717, 1.165) is 36.3 Å². The van der Waals surface area contributed by atoms with Crippen molar-refractivity contribution < 1.29 is 4.74 Å². The van der Waals surface area contributed by atoms with Gasteiger partial charge in [0.2, 0.25) is 0 Å². The number of hydrogen-bond donors (Lipinski definition) is 1. The summed E-state index contributed by atoms with van der Waals surface area (Å²) in [6, 6.07) is 0. The fourth-order valence-corrected chi connectivity index (χ4v) is 3.91. The Morgan fingerprint density at radius 3 is 2.83 bits per heavy atom. The average Bonchev–Trinajstić information content (AvgIpc) is 3.07. The summed E-state index contributed by atoms with van der Waals surface area (Å²) in [5, 5.41) is 3.55. The highest BCUT2D eigenvalue weighted by Gasteiger charge is 2.53. The second-order valence-electron chi connectivity index (χ2n) is 6.90. The van der Waals surface area contributed by atoms with Crippen LogP contribution in [0, 0.1) is 23.2 Å². The van der Waals surface area contributed by atoms with Gasteiger partial charge < -0.3 is 10.1 Å². The molecule has 0 aliphatic heterocycles. The van der Waals surface area contributed by atoms with Gasteiger partial charge in [0, 0.05) is 13.7 Å². The zero-order valence-electron chi connectivity index (χ0n) is 12.5. The van der Waals surface area contributed by atoms with Crippen LogP contribution in [0.15, 0.2) is 0 Å². The van der Waals surface area contributed by atoms with Gasteiger partial charge in [0.25, 0.3) is 0 Å². The summed E-state index contributed by atoms with van der Waals surface area (Å²) in [4.78, 5) is 0. The molecule has 1 spiro atoms. The first-order valence-corrected chi connectivity index (χ1v) is 7.87. The molecule has 2 aliphatic carbocycles. The summed E-state index contributed by atoms with van der Waals surface area (Å²) in [6.45, 7) is 7.88. The molecule has 3 unspecified atom stereocenters. The molecule has 2 fully saturated rings. The minimum Gasteiger partial charge on any atom is -0.383 e. The molecule has 0 aromatic heterocycles. The highest BCUT2D eigenvalue weighted by atomic mass is 16.5. The second-order valence-corrected chi connectivity index (χ2v) is 6.90. The van der Waals surface area contributed by atoms with Gasteiger partial charge in [-0.1, -0.05) is 26.7 Å². The summed E-state index contributed by atoms with van der Waals surface area (Å²) in [5.74, 6) is 2.84. The molecule has 18 heavy (non-hydrogen) atoms. The minimum absolute atomic E-state index is 0.740. The normalized spacial score (nSPS) is 36.0. The Kier molecular flexibility index (Phi) is 5.08. The van der Waals surface area contributed by atoms with Gasteiger partial charge in [-0.15, -0.1) is 0 Å². The first-order chi connectivity index (χ1) is 8.68. The maximum atomic E-state index is 5.08. The predicted octanol–water partition coefficient (Wildman–Crippen LogP) is 3.47. The lowest BCUT2D eigenvalue weighted by molar-refractivity contribution is 0.198. The number of ether oxygens (including phenoxy) is 1. The first kappa shape index (κ1) is 14.3. The van der Waals surface area contributed by atoms with Crippen LogP contribution in [0.2, 0.25) is 0 Å². The van der Waals surface area contributed by atoms with Gasteiger partial charge in [0.15, 0.2) is 0 Å². The first-order valence-electron chi connectivity index (χ1n) is 7.87. The highest BCUT2D eigenvalue weighted by Crippen LogP contribution is 2.61. The summed E-state index contributed by atoms with van der Waals surface area (Å²) in [6.07, 6.45) is 8.89. The van der Waals surface area contributed by atoms with E-state index in [1.54, 1.807) is 7.11 Å². The van der Waals surface area contributed by atoms with Crippen LogP contribution in [0.25, 0.3) is 0 Å². The van der Waals surface area contributed by atoms with E-state index >= 15 is 0 Å². The third kappa shape index (κ3) is 3.48. The van der Waals surface area contributed by atoms with Crippen LogP contribution in [0.3, 0.4) is 0 Å². The highest BCUT2D eigenvalue weighted by molar-refractivity contribution is 5.04. The predicted molar refractivity (Wildman–Crippen MR) is 76.7 cm³/mol. The zero-order valence-corrected chi connectivity index (χ0v) is 12.5. The number of methoxy groups -OCH3 is 1. The maximum Gasteiger partial charge on any atom is 0.0587 e. The quantitative estimate of drug-likeness (QED) is 0.732. The molecule has 1 N–H and O–H groups in total. The molecule has 106 valence electrons. The summed E-state index contributed by atoms with van der Waals surface area (Å²) in [7, 11) is 1.78. The third-order valence-electron chi connectivity index (χ3n) is 5.44. The third-order valence-corrected chi connectivity index (χ3v) is 5.44. The SMILES string of the molecule is COCCNCC1CC12CCCC(C(C)C)CC2. The monoisotopic (exact) mass is 253 g/mol. The molecule has 0 aromatic rings. The van der Waals surface area contributed by atoms with Crippen LogP contribution in [0.1, 0.15) is 52.4 Å². The molecule has 0 aromatic carbocycles. The van der Waals surface area contributed by atoms with Gasteiger partial charge >= 0.3 is 0 Å². The maximum absolute atomic E-state index is 5.08. The lowest BCUT2D eigenvalue weighted by Crippen LogP contribution is -2.23. The van der Waals surface area contributed by atoms with E-state index in [-0.39, 0.29) is 0 Å². The van der Waals surface area contributed by atoms with E-state index in [1.165, 1.54) is 45.1 Å². The van der Waals surface area contributed by atoms with E-state index in [4.69, 9.17) is 4.74 Å². The Balaban J connectivity index is 1.71. The summed E-state index contributed by atoms with van der Waals surface area (Å²) < 4.78 is 5.08. The molecule has 0 bridgehead atoms. The van der Waals surface area contributed by atoms with Gasteiger partial charge in [-0.25, -0.2) is 0 Å². The van der Waals surface area contributed by atoms with Crippen molar-refractivity contribution in [2.24, 2.45) is 23.2 Å². The van der Waals surface area contributed by atoms with Crippen LogP contribution >= 0.6 is 0 Å². The van der Waals surface area contributed by atoms with Crippen LogP contribution in [-0.2, 0) is 4.74 Å². The summed E-state index contributed by atoms with van der Waals surface area (Å²) in [5.41, 5.74) is 0.740. The molecule has 0 saturated heterocycles. The van der Waals surface area contributed by atoms with Crippen LogP contribution < -0.4 is 5.32 Å². The molecule has 2 heteroatoms. The molecule has 0 radical (unpaired) electrons. The van der Waals surface area contributed by atoms with Crippen molar-refractivity contribution in [3.8, 4) is 0 Å². The Morgan fingerprint density at radius 2 is 2.11 bits per heavy atom. The fraction of sp³-hybridized carbons (Fsp3) is 1.00. The lowest BCUT2D eigenvalue weighted by Gasteiger charge is -2.18. The topological polar surface area (TPSA) is 21.3 Å². The second kappa shape index (κ2) is 6.38. The van der Waals surface area contributed by atoms with E-state index < -0.39 is 0 Å². The Hall–Kier alpha value is -0.0800. The van der Waals surface area contributed by atoms with Crippen molar-refractivity contribution in [3.05, 3.63) is 0 Å². The number of hydrogen-bond acceptors (Lipinski definition) is 2. The fourth-order valence-electron chi connectivity index (χ4n) is 3.91. The minimum atomic E-state index is 0.740. The van der Waals surface area contributed by atoms with Gasteiger partial charge in [0.1, 0.15) is 0 Å².